The lowest BCUT2D eigenvalue weighted by Gasteiger charge is -2.27. The van der Waals surface area contributed by atoms with Crippen LogP contribution < -0.4 is 5.32 Å². The summed E-state index contributed by atoms with van der Waals surface area (Å²) in [4.78, 5) is 25.3. The number of carboxylic acids is 1. The number of hydrogen-bond acceptors (Lipinski definition) is 3. The number of aliphatic carboxylic acids is 1. The lowest BCUT2D eigenvalue weighted by atomic mass is 10.2. The highest BCUT2D eigenvalue weighted by Gasteiger charge is 2.41. The summed E-state index contributed by atoms with van der Waals surface area (Å²) in [7, 11) is 0. The first-order valence-corrected chi connectivity index (χ1v) is 8.57. The van der Waals surface area contributed by atoms with Crippen molar-refractivity contribution in [2.75, 3.05) is 11.1 Å². The smallest absolute Gasteiger partial charge is 0.327 e. The average molecular weight is 373 g/mol. The van der Waals surface area contributed by atoms with Gasteiger partial charge >= 0.3 is 12.0 Å². The van der Waals surface area contributed by atoms with Crippen LogP contribution in [0.2, 0.25) is 0 Å². The van der Waals surface area contributed by atoms with Gasteiger partial charge in [-0.2, -0.15) is 0 Å². The number of nitrogens with one attached hydrogen (secondary N) is 1. The molecule has 7 heteroatoms. The Kier molecular flexibility index (Phi) is 5.52. The second kappa shape index (κ2) is 7.17. The van der Waals surface area contributed by atoms with Crippen molar-refractivity contribution in [3.8, 4) is 0 Å². The van der Waals surface area contributed by atoms with Gasteiger partial charge in [-0.25, -0.2) is 9.59 Å². The molecule has 21 heavy (non-hydrogen) atoms. The molecule has 2 amide bonds. The minimum Gasteiger partial charge on any atom is -0.480 e. The number of anilines is 1. The average Bonchev–Trinajstić information content (AvgIpc) is 2.86. The lowest BCUT2D eigenvalue weighted by molar-refractivity contribution is -0.141. The van der Waals surface area contributed by atoms with E-state index in [0.29, 0.717) is 11.4 Å². The van der Waals surface area contributed by atoms with Gasteiger partial charge in [0, 0.05) is 10.2 Å². The second-order valence-corrected chi connectivity index (χ2v) is 6.81. The van der Waals surface area contributed by atoms with Gasteiger partial charge in [-0.05, 0) is 34.5 Å². The summed E-state index contributed by atoms with van der Waals surface area (Å²) in [6.07, 6.45) is 1.70. The Bertz CT molecular complexity index is 541. The first-order valence-electron chi connectivity index (χ1n) is 6.72. The molecule has 0 spiro atoms. The molecule has 1 aliphatic heterocycles. The van der Waals surface area contributed by atoms with Gasteiger partial charge < -0.3 is 10.4 Å². The van der Waals surface area contributed by atoms with E-state index in [-0.39, 0.29) is 11.4 Å². The zero-order valence-electron chi connectivity index (χ0n) is 11.6. The number of hydrogen-bond donors (Lipinski definition) is 2. The van der Waals surface area contributed by atoms with Gasteiger partial charge in [0.1, 0.15) is 6.04 Å². The van der Waals surface area contributed by atoms with Crippen molar-refractivity contribution in [3.05, 3.63) is 28.7 Å². The molecule has 0 saturated carbocycles. The van der Waals surface area contributed by atoms with Crippen molar-refractivity contribution < 1.29 is 14.7 Å². The van der Waals surface area contributed by atoms with E-state index in [1.807, 2.05) is 25.1 Å². The zero-order chi connectivity index (χ0) is 15.4. The zero-order valence-corrected chi connectivity index (χ0v) is 14.0. The SMILES string of the molecule is CCCC1SCC(C(=O)O)N1C(=O)Nc1ccccc1Br. The molecule has 1 saturated heterocycles. The number of nitrogens with zero attached hydrogens (tertiary/aromatic N) is 1. The van der Waals surface area contributed by atoms with E-state index in [9.17, 15) is 14.7 Å². The maximum atomic E-state index is 12.5. The van der Waals surface area contributed by atoms with Crippen LogP contribution in [0.1, 0.15) is 19.8 Å². The largest absolute Gasteiger partial charge is 0.480 e. The van der Waals surface area contributed by atoms with Crippen LogP contribution in [0.4, 0.5) is 10.5 Å². The Labute approximate surface area is 136 Å². The summed E-state index contributed by atoms with van der Waals surface area (Å²) in [6, 6.07) is 6.14. The number of para-hydroxylation sites is 1. The monoisotopic (exact) mass is 372 g/mol. The Balaban J connectivity index is 2.17. The fraction of sp³-hybridized carbons (Fsp3) is 0.429. The van der Waals surface area contributed by atoms with Gasteiger partial charge in [0.05, 0.1) is 11.1 Å². The Hall–Kier alpha value is -1.21. The standard InChI is InChI=1S/C14H17BrN2O3S/c1-2-5-12-17(11(8-21-12)13(18)19)14(20)16-10-7-4-3-6-9(10)15/h3-4,6-7,11-12H,2,5,8H2,1H3,(H,16,20)(H,18,19). The molecule has 0 aliphatic carbocycles. The van der Waals surface area contributed by atoms with E-state index in [4.69, 9.17) is 0 Å². The molecular weight excluding hydrogens is 356 g/mol. The summed E-state index contributed by atoms with van der Waals surface area (Å²) in [5.74, 6) is -0.521. The lowest BCUT2D eigenvalue weighted by Crippen LogP contribution is -2.47. The minimum absolute atomic E-state index is 0.0846. The number of urea groups is 1. The topological polar surface area (TPSA) is 69.6 Å². The number of benzene rings is 1. The van der Waals surface area contributed by atoms with Gasteiger partial charge in [-0.3, -0.25) is 4.90 Å². The molecule has 1 heterocycles. The van der Waals surface area contributed by atoms with Crippen LogP contribution >= 0.6 is 27.7 Å². The van der Waals surface area contributed by atoms with Gasteiger partial charge in [0.2, 0.25) is 0 Å². The van der Waals surface area contributed by atoms with Crippen LogP contribution in [-0.2, 0) is 4.79 Å². The molecule has 0 bridgehead atoms. The summed E-state index contributed by atoms with van der Waals surface area (Å²) in [5.41, 5.74) is 0.638. The van der Waals surface area contributed by atoms with Crippen molar-refractivity contribution in [2.45, 2.75) is 31.2 Å². The van der Waals surface area contributed by atoms with Crippen molar-refractivity contribution in [1.29, 1.82) is 0 Å². The number of rotatable bonds is 4. The number of carbonyl (C=O) groups is 2. The van der Waals surface area contributed by atoms with E-state index in [2.05, 4.69) is 21.2 Å². The van der Waals surface area contributed by atoms with Crippen LogP contribution in [0, 0.1) is 0 Å². The molecule has 2 N–H and O–H groups in total. The summed E-state index contributed by atoms with van der Waals surface area (Å²) >= 11 is 4.90. The van der Waals surface area contributed by atoms with Crippen molar-refractivity contribution in [1.82, 2.24) is 4.90 Å². The Morgan fingerprint density at radius 2 is 2.19 bits per heavy atom. The quantitative estimate of drug-likeness (QED) is 0.846. The molecule has 2 unspecified atom stereocenters. The molecule has 5 nitrogen and oxygen atoms in total. The van der Waals surface area contributed by atoms with Crippen LogP contribution in [0.25, 0.3) is 0 Å². The van der Waals surface area contributed by atoms with E-state index in [1.165, 1.54) is 16.7 Å². The normalized spacial score (nSPS) is 21.3. The number of carbonyl (C=O) groups excluding carboxylic acids is 1. The third-order valence-electron chi connectivity index (χ3n) is 3.26. The Morgan fingerprint density at radius 1 is 1.48 bits per heavy atom. The highest BCUT2D eigenvalue weighted by molar-refractivity contribution is 9.10. The fourth-order valence-electron chi connectivity index (χ4n) is 2.24. The highest BCUT2D eigenvalue weighted by Crippen LogP contribution is 2.33. The summed E-state index contributed by atoms with van der Waals surface area (Å²) < 4.78 is 0.768. The van der Waals surface area contributed by atoms with Crippen LogP contribution in [0.5, 0.6) is 0 Å². The molecular formula is C14H17BrN2O3S. The minimum atomic E-state index is -0.955. The predicted octanol–water partition coefficient (Wildman–Crippen LogP) is 3.61. The number of thioether (sulfide) groups is 1. The van der Waals surface area contributed by atoms with E-state index in [0.717, 1.165) is 17.3 Å². The first-order chi connectivity index (χ1) is 10.0. The molecule has 2 rings (SSSR count). The molecule has 0 aromatic heterocycles. The van der Waals surface area contributed by atoms with E-state index < -0.39 is 12.0 Å². The molecule has 1 aromatic rings. The molecule has 0 radical (unpaired) electrons. The summed E-state index contributed by atoms with van der Waals surface area (Å²) in [5, 5.41) is 12.0. The van der Waals surface area contributed by atoms with Crippen molar-refractivity contribution >= 4 is 45.4 Å². The highest BCUT2D eigenvalue weighted by atomic mass is 79.9. The molecule has 114 valence electrons. The molecule has 1 aromatic carbocycles. The molecule has 1 fully saturated rings. The maximum absolute atomic E-state index is 12.5. The summed E-state index contributed by atoms with van der Waals surface area (Å²) in [6.45, 7) is 2.03. The van der Waals surface area contributed by atoms with Crippen molar-refractivity contribution in [3.63, 3.8) is 0 Å². The van der Waals surface area contributed by atoms with Gasteiger partial charge in [0.25, 0.3) is 0 Å². The third kappa shape index (κ3) is 3.71. The second-order valence-electron chi connectivity index (χ2n) is 4.75. The van der Waals surface area contributed by atoms with E-state index >= 15 is 0 Å². The van der Waals surface area contributed by atoms with Gasteiger partial charge in [-0.15, -0.1) is 11.8 Å². The molecule has 1 aliphatic rings. The van der Waals surface area contributed by atoms with Gasteiger partial charge in [0.15, 0.2) is 0 Å². The third-order valence-corrected chi connectivity index (χ3v) is 5.31. The number of carboxylic acid groups (broad SMARTS) is 1. The number of halogens is 1. The maximum Gasteiger partial charge on any atom is 0.327 e. The van der Waals surface area contributed by atoms with Crippen molar-refractivity contribution in [2.24, 2.45) is 0 Å². The van der Waals surface area contributed by atoms with Crippen LogP contribution in [-0.4, -0.2) is 39.2 Å². The number of amides is 2. The van der Waals surface area contributed by atoms with E-state index in [1.54, 1.807) is 6.07 Å². The fourth-order valence-corrected chi connectivity index (χ4v) is 4.13. The van der Waals surface area contributed by atoms with Gasteiger partial charge in [-0.1, -0.05) is 25.5 Å². The first kappa shape index (κ1) is 16.2. The molecule has 2 atom stereocenters. The van der Waals surface area contributed by atoms with Crippen LogP contribution in [0.3, 0.4) is 0 Å². The Morgan fingerprint density at radius 3 is 2.81 bits per heavy atom. The van der Waals surface area contributed by atoms with Crippen LogP contribution in [0.15, 0.2) is 28.7 Å². The predicted molar refractivity (Wildman–Crippen MR) is 87.6 cm³/mol.